The third kappa shape index (κ3) is 2.76. The SMILES string of the molecule is CS(=O)(=O)N1CCCCCO1. The van der Waals surface area contributed by atoms with E-state index in [2.05, 4.69) is 0 Å². The van der Waals surface area contributed by atoms with Gasteiger partial charge in [-0.1, -0.05) is 4.47 Å². The van der Waals surface area contributed by atoms with Crippen LogP contribution < -0.4 is 0 Å². The number of hydrogen-bond acceptors (Lipinski definition) is 3. The molecule has 0 amide bonds. The second kappa shape index (κ2) is 3.51. The van der Waals surface area contributed by atoms with Crippen LogP contribution in [0.3, 0.4) is 0 Å². The van der Waals surface area contributed by atoms with Crippen LogP contribution in [0.5, 0.6) is 0 Å². The molecule has 0 bridgehead atoms. The second-order valence-corrected chi connectivity index (χ2v) is 4.56. The van der Waals surface area contributed by atoms with E-state index in [1.165, 1.54) is 6.26 Å². The van der Waals surface area contributed by atoms with Crippen molar-refractivity contribution >= 4 is 10.0 Å². The maximum Gasteiger partial charge on any atom is 0.233 e. The summed E-state index contributed by atoms with van der Waals surface area (Å²) in [4.78, 5) is 5.01. The number of rotatable bonds is 1. The molecule has 0 saturated carbocycles. The van der Waals surface area contributed by atoms with E-state index in [1.54, 1.807) is 0 Å². The Bertz CT molecular complexity index is 204. The van der Waals surface area contributed by atoms with Crippen molar-refractivity contribution in [2.24, 2.45) is 0 Å². The van der Waals surface area contributed by atoms with E-state index < -0.39 is 10.0 Å². The molecule has 1 saturated heterocycles. The van der Waals surface area contributed by atoms with Gasteiger partial charge in [0.25, 0.3) is 0 Å². The summed E-state index contributed by atoms with van der Waals surface area (Å²) in [5.74, 6) is 0. The molecule has 0 aliphatic carbocycles. The molecule has 0 aromatic carbocycles. The molecule has 1 aliphatic heterocycles. The third-order valence-electron chi connectivity index (χ3n) is 1.59. The number of sulfonamides is 1. The van der Waals surface area contributed by atoms with Crippen LogP contribution in [-0.4, -0.2) is 32.3 Å². The van der Waals surface area contributed by atoms with E-state index in [0.717, 1.165) is 23.7 Å². The van der Waals surface area contributed by atoms with E-state index in [1.807, 2.05) is 0 Å². The summed E-state index contributed by atoms with van der Waals surface area (Å²) in [6.07, 6.45) is 4.06. The summed E-state index contributed by atoms with van der Waals surface area (Å²) in [6, 6.07) is 0. The van der Waals surface area contributed by atoms with E-state index in [-0.39, 0.29) is 0 Å². The minimum atomic E-state index is -3.14. The van der Waals surface area contributed by atoms with Crippen molar-refractivity contribution in [1.82, 2.24) is 4.47 Å². The van der Waals surface area contributed by atoms with Crippen LogP contribution in [0, 0.1) is 0 Å². The number of hydrogen-bond donors (Lipinski definition) is 0. The molecule has 66 valence electrons. The van der Waals surface area contributed by atoms with Crippen molar-refractivity contribution in [2.45, 2.75) is 19.3 Å². The number of hydroxylamine groups is 1. The second-order valence-electron chi connectivity index (χ2n) is 2.68. The molecule has 0 atom stereocenters. The van der Waals surface area contributed by atoms with Gasteiger partial charge in [-0.25, -0.2) is 8.42 Å². The fourth-order valence-corrected chi connectivity index (χ4v) is 1.74. The normalized spacial score (nSPS) is 23.0. The van der Waals surface area contributed by atoms with Crippen molar-refractivity contribution < 1.29 is 13.3 Å². The summed E-state index contributed by atoms with van der Waals surface area (Å²) < 4.78 is 23.0. The van der Waals surface area contributed by atoms with Crippen LogP contribution in [0.25, 0.3) is 0 Å². The Morgan fingerprint density at radius 2 is 2.00 bits per heavy atom. The Labute approximate surface area is 67.1 Å². The summed E-state index contributed by atoms with van der Waals surface area (Å²) in [5, 5.41) is 0. The quantitative estimate of drug-likeness (QED) is 0.584. The van der Waals surface area contributed by atoms with Crippen molar-refractivity contribution in [3.63, 3.8) is 0 Å². The zero-order chi connectivity index (χ0) is 8.32. The Balaban J connectivity index is 2.57. The van der Waals surface area contributed by atoms with Gasteiger partial charge in [0.05, 0.1) is 12.9 Å². The lowest BCUT2D eigenvalue weighted by Crippen LogP contribution is -2.30. The maximum atomic E-state index is 10.9. The van der Waals surface area contributed by atoms with Crippen molar-refractivity contribution in [2.75, 3.05) is 19.4 Å². The van der Waals surface area contributed by atoms with Gasteiger partial charge in [-0.3, -0.25) is 4.84 Å². The average molecular weight is 179 g/mol. The lowest BCUT2D eigenvalue weighted by molar-refractivity contribution is -0.0742. The smallest absolute Gasteiger partial charge is 0.233 e. The topological polar surface area (TPSA) is 46.6 Å². The first-order chi connectivity index (χ1) is 5.11. The van der Waals surface area contributed by atoms with Gasteiger partial charge in [0.2, 0.25) is 10.0 Å². The van der Waals surface area contributed by atoms with E-state index >= 15 is 0 Å². The lowest BCUT2D eigenvalue weighted by atomic mass is 10.2. The molecule has 0 radical (unpaired) electrons. The van der Waals surface area contributed by atoms with Gasteiger partial charge < -0.3 is 0 Å². The lowest BCUT2D eigenvalue weighted by Gasteiger charge is -2.15. The van der Waals surface area contributed by atoms with Crippen LogP contribution in [-0.2, 0) is 14.9 Å². The third-order valence-corrected chi connectivity index (χ3v) is 2.62. The van der Waals surface area contributed by atoms with Crippen LogP contribution in [0.2, 0.25) is 0 Å². The molecule has 4 nitrogen and oxygen atoms in total. The van der Waals surface area contributed by atoms with Crippen molar-refractivity contribution in [3.05, 3.63) is 0 Å². The first-order valence-corrected chi connectivity index (χ1v) is 5.56. The highest BCUT2D eigenvalue weighted by molar-refractivity contribution is 7.88. The first-order valence-electron chi connectivity index (χ1n) is 3.71. The highest BCUT2D eigenvalue weighted by Gasteiger charge is 2.18. The Hall–Kier alpha value is -0.130. The van der Waals surface area contributed by atoms with Crippen LogP contribution in [0.4, 0.5) is 0 Å². The minimum absolute atomic E-state index is 0.499. The molecular weight excluding hydrogens is 166 g/mol. The molecule has 0 aromatic heterocycles. The van der Waals surface area contributed by atoms with Gasteiger partial charge in [0.1, 0.15) is 0 Å². The monoisotopic (exact) mass is 179 g/mol. The van der Waals surface area contributed by atoms with Gasteiger partial charge >= 0.3 is 0 Å². The highest BCUT2D eigenvalue weighted by atomic mass is 32.2. The maximum absolute atomic E-state index is 10.9. The summed E-state index contributed by atoms with van der Waals surface area (Å²) >= 11 is 0. The fourth-order valence-electron chi connectivity index (χ4n) is 1.01. The Morgan fingerprint density at radius 1 is 1.27 bits per heavy atom. The molecule has 5 heteroatoms. The van der Waals surface area contributed by atoms with Crippen LogP contribution in [0.1, 0.15) is 19.3 Å². The highest BCUT2D eigenvalue weighted by Crippen LogP contribution is 2.09. The molecule has 1 rings (SSSR count). The van der Waals surface area contributed by atoms with E-state index in [9.17, 15) is 8.42 Å². The Kier molecular flexibility index (Phi) is 2.86. The molecule has 0 spiro atoms. The standard InChI is InChI=1S/C6H13NO3S/c1-11(8,9)7-5-3-2-4-6-10-7/h2-6H2,1H3. The van der Waals surface area contributed by atoms with Gasteiger partial charge in [0, 0.05) is 6.54 Å². The van der Waals surface area contributed by atoms with Gasteiger partial charge in [0.15, 0.2) is 0 Å². The first kappa shape index (κ1) is 8.96. The van der Waals surface area contributed by atoms with Gasteiger partial charge in [-0.2, -0.15) is 0 Å². The predicted octanol–water partition coefficient (Wildman–Crippen LogP) is 0.364. The van der Waals surface area contributed by atoms with Gasteiger partial charge in [-0.15, -0.1) is 0 Å². The summed E-state index contributed by atoms with van der Waals surface area (Å²) in [7, 11) is -3.14. The fraction of sp³-hybridized carbons (Fsp3) is 1.00. The molecule has 11 heavy (non-hydrogen) atoms. The molecular formula is C6H13NO3S. The Morgan fingerprint density at radius 3 is 2.64 bits per heavy atom. The van der Waals surface area contributed by atoms with Crippen LogP contribution in [0.15, 0.2) is 0 Å². The zero-order valence-corrected chi connectivity index (χ0v) is 7.43. The van der Waals surface area contributed by atoms with E-state index in [4.69, 9.17) is 4.84 Å². The van der Waals surface area contributed by atoms with Gasteiger partial charge in [-0.05, 0) is 19.3 Å². The van der Waals surface area contributed by atoms with E-state index in [0.29, 0.717) is 13.2 Å². The average Bonchev–Trinajstić information content (AvgIpc) is 2.10. The zero-order valence-electron chi connectivity index (χ0n) is 6.62. The summed E-state index contributed by atoms with van der Waals surface area (Å²) in [6.45, 7) is 1.02. The van der Waals surface area contributed by atoms with Crippen LogP contribution >= 0.6 is 0 Å². The molecule has 1 heterocycles. The molecule has 0 aromatic rings. The summed E-state index contributed by atoms with van der Waals surface area (Å²) in [5.41, 5.74) is 0. The van der Waals surface area contributed by atoms with Crippen molar-refractivity contribution in [1.29, 1.82) is 0 Å². The molecule has 0 N–H and O–H groups in total. The molecule has 1 aliphatic rings. The molecule has 0 unspecified atom stereocenters. The largest absolute Gasteiger partial charge is 0.284 e. The molecule has 1 fully saturated rings. The van der Waals surface area contributed by atoms with Crippen molar-refractivity contribution in [3.8, 4) is 0 Å². The minimum Gasteiger partial charge on any atom is -0.284 e. The number of nitrogens with zero attached hydrogens (tertiary/aromatic N) is 1. The predicted molar refractivity (Wildman–Crippen MR) is 41.4 cm³/mol.